The van der Waals surface area contributed by atoms with Crippen molar-refractivity contribution in [3.05, 3.63) is 0 Å². The van der Waals surface area contributed by atoms with Gasteiger partial charge in [0, 0.05) is 6.04 Å². The van der Waals surface area contributed by atoms with E-state index in [1.807, 2.05) is 0 Å². The molecular formula is C20H45NO4S. The van der Waals surface area contributed by atoms with Crippen LogP contribution in [0.15, 0.2) is 0 Å². The fraction of sp³-hybridized carbons (Fsp3) is 1.00. The lowest BCUT2D eigenvalue weighted by molar-refractivity contribution is 0.283. The Balaban J connectivity index is 0. The molecule has 6 heteroatoms. The molecule has 0 aromatic heterocycles. The zero-order chi connectivity index (χ0) is 20.1. The molecule has 1 unspecified atom stereocenters. The average molecular weight is 396 g/mol. The first-order valence-electron chi connectivity index (χ1n) is 10.7. The smallest absolute Gasteiger partial charge is 0.328 e. The predicted molar refractivity (Wildman–Crippen MR) is 112 cm³/mol. The average Bonchev–Trinajstić information content (AvgIpc) is 2.54. The van der Waals surface area contributed by atoms with E-state index in [9.17, 15) is 8.42 Å². The number of hydrogen-bond donors (Lipinski definition) is 2. The van der Waals surface area contributed by atoms with Crippen LogP contribution in [0.1, 0.15) is 117 Å². The summed E-state index contributed by atoms with van der Waals surface area (Å²) in [5, 5.41) is 0. The minimum Gasteiger partial charge on any atom is -0.328 e. The molecule has 160 valence electrons. The number of rotatable bonds is 17. The van der Waals surface area contributed by atoms with Crippen LogP contribution in [0, 0.1) is 0 Å². The normalized spacial score (nSPS) is 12.5. The summed E-state index contributed by atoms with van der Waals surface area (Å²) in [6.07, 6.45) is 21.3. The highest BCUT2D eigenvalue weighted by Crippen LogP contribution is 2.13. The predicted octanol–water partition coefficient (Wildman–Crippen LogP) is 6.03. The fourth-order valence-electron chi connectivity index (χ4n) is 2.81. The van der Waals surface area contributed by atoms with Gasteiger partial charge < -0.3 is 5.73 Å². The highest BCUT2D eigenvalue weighted by atomic mass is 32.3. The zero-order valence-corrected chi connectivity index (χ0v) is 18.4. The summed E-state index contributed by atoms with van der Waals surface area (Å²) < 4.78 is 30.7. The molecule has 0 aromatic rings. The second-order valence-electron chi connectivity index (χ2n) is 7.20. The van der Waals surface area contributed by atoms with Crippen molar-refractivity contribution < 1.29 is 17.2 Å². The largest absolute Gasteiger partial charge is 0.397 e. The van der Waals surface area contributed by atoms with Crippen molar-refractivity contribution in [2.24, 2.45) is 5.73 Å². The summed E-state index contributed by atoms with van der Waals surface area (Å²) in [6, 6.07) is 0.400. The molecule has 0 spiro atoms. The van der Waals surface area contributed by atoms with Crippen molar-refractivity contribution in [2.75, 3.05) is 6.61 Å². The SMILES string of the molecule is CCCCCCCCCCCCCCCCC(C)N.CCOS(=O)(=O)O. The topological polar surface area (TPSA) is 89.6 Å². The van der Waals surface area contributed by atoms with E-state index in [1.54, 1.807) is 0 Å². The van der Waals surface area contributed by atoms with Gasteiger partial charge in [0.05, 0.1) is 6.61 Å². The summed E-state index contributed by atoms with van der Waals surface area (Å²) in [5.74, 6) is 0. The molecular weight excluding hydrogens is 350 g/mol. The summed E-state index contributed by atoms with van der Waals surface area (Å²) >= 11 is 0. The quantitative estimate of drug-likeness (QED) is 0.232. The van der Waals surface area contributed by atoms with Gasteiger partial charge in [-0.25, -0.2) is 4.18 Å². The summed E-state index contributed by atoms with van der Waals surface area (Å²) in [7, 11) is -4.17. The van der Waals surface area contributed by atoms with Crippen molar-refractivity contribution in [3.8, 4) is 0 Å². The molecule has 5 nitrogen and oxygen atoms in total. The number of unbranched alkanes of at least 4 members (excludes halogenated alkanes) is 13. The molecule has 3 N–H and O–H groups in total. The van der Waals surface area contributed by atoms with Gasteiger partial charge in [-0.1, -0.05) is 96.8 Å². The standard InChI is InChI=1S/C18H39N.C2H6O4S/c1-3-4-5-6-7-8-9-10-11-12-13-14-15-16-17-18(2)19;1-2-6-7(3,4)5/h18H,3-17,19H2,1-2H3;2H2,1H3,(H,3,4,5). The molecule has 0 radical (unpaired) electrons. The maximum absolute atomic E-state index is 9.56. The fourth-order valence-corrected chi connectivity index (χ4v) is 3.11. The van der Waals surface area contributed by atoms with Gasteiger partial charge in [-0.15, -0.1) is 0 Å². The third-order valence-corrected chi connectivity index (χ3v) is 4.81. The summed E-state index contributed by atoms with van der Waals surface area (Å²) in [4.78, 5) is 0. The Morgan fingerprint density at radius 1 is 0.769 bits per heavy atom. The molecule has 0 aliphatic heterocycles. The van der Waals surface area contributed by atoms with Gasteiger partial charge in [0.25, 0.3) is 0 Å². The summed E-state index contributed by atoms with van der Waals surface area (Å²) in [6.45, 7) is 5.84. The Labute approximate surface area is 163 Å². The van der Waals surface area contributed by atoms with Crippen LogP contribution < -0.4 is 5.73 Å². The highest BCUT2D eigenvalue weighted by molar-refractivity contribution is 7.80. The second kappa shape index (κ2) is 21.1. The first-order chi connectivity index (χ1) is 12.3. The maximum Gasteiger partial charge on any atom is 0.397 e. The lowest BCUT2D eigenvalue weighted by Gasteiger charge is -2.05. The molecule has 0 rings (SSSR count). The molecule has 0 aliphatic rings. The van der Waals surface area contributed by atoms with Crippen molar-refractivity contribution in [1.29, 1.82) is 0 Å². The van der Waals surface area contributed by atoms with Crippen molar-refractivity contribution in [3.63, 3.8) is 0 Å². The Morgan fingerprint density at radius 2 is 1.12 bits per heavy atom. The number of hydrogen-bond acceptors (Lipinski definition) is 4. The highest BCUT2D eigenvalue weighted by Gasteiger charge is 1.98. The van der Waals surface area contributed by atoms with Crippen LogP contribution in [0.25, 0.3) is 0 Å². The van der Waals surface area contributed by atoms with Crippen LogP contribution >= 0.6 is 0 Å². The molecule has 0 saturated heterocycles. The van der Waals surface area contributed by atoms with Gasteiger partial charge in [0.15, 0.2) is 0 Å². The van der Waals surface area contributed by atoms with E-state index in [2.05, 4.69) is 18.0 Å². The lowest BCUT2D eigenvalue weighted by atomic mass is 10.0. The van der Waals surface area contributed by atoms with Crippen LogP contribution in [-0.2, 0) is 14.6 Å². The van der Waals surface area contributed by atoms with E-state index in [4.69, 9.17) is 10.3 Å². The van der Waals surface area contributed by atoms with E-state index >= 15 is 0 Å². The lowest BCUT2D eigenvalue weighted by Crippen LogP contribution is -2.13. The molecule has 0 aromatic carbocycles. The van der Waals surface area contributed by atoms with E-state index in [-0.39, 0.29) is 6.61 Å². The molecule has 0 saturated carbocycles. The van der Waals surface area contributed by atoms with E-state index in [1.165, 1.54) is 103 Å². The zero-order valence-electron chi connectivity index (χ0n) is 17.5. The van der Waals surface area contributed by atoms with Crippen LogP contribution in [0.4, 0.5) is 0 Å². The van der Waals surface area contributed by atoms with Crippen LogP contribution in [-0.4, -0.2) is 25.6 Å². The van der Waals surface area contributed by atoms with Crippen molar-refractivity contribution >= 4 is 10.4 Å². The maximum atomic E-state index is 9.56. The van der Waals surface area contributed by atoms with Gasteiger partial charge in [0.2, 0.25) is 0 Å². The van der Waals surface area contributed by atoms with Gasteiger partial charge in [-0.3, -0.25) is 4.55 Å². The molecule has 0 fully saturated rings. The van der Waals surface area contributed by atoms with Crippen LogP contribution in [0.5, 0.6) is 0 Å². The third-order valence-electron chi connectivity index (χ3n) is 4.28. The first kappa shape index (κ1) is 28.0. The van der Waals surface area contributed by atoms with E-state index in [0.717, 1.165) is 0 Å². The van der Waals surface area contributed by atoms with Gasteiger partial charge in [-0.05, 0) is 20.3 Å². The minimum atomic E-state index is -4.17. The third kappa shape index (κ3) is 31.6. The molecule has 26 heavy (non-hydrogen) atoms. The molecule has 1 atom stereocenters. The molecule has 0 amide bonds. The Bertz CT molecular complexity index is 359. The van der Waals surface area contributed by atoms with Gasteiger partial charge in [-0.2, -0.15) is 8.42 Å². The minimum absolute atomic E-state index is 0.0289. The van der Waals surface area contributed by atoms with Gasteiger partial charge >= 0.3 is 10.4 Å². The monoisotopic (exact) mass is 395 g/mol. The van der Waals surface area contributed by atoms with E-state index < -0.39 is 10.4 Å². The van der Waals surface area contributed by atoms with Crippen molar-refractivity contribution in [1.82, 2.24) is 0 Å². The Hall–Kier alpha value is -0.170. The summed E-state index contributed by atoms with van der Waals surface area (Å²) in [5.41, 5.74) is 5.74. The first-order valence-corrected chi connectivity index (χ1v) is 12.1. The molecule has 0 heterocycles. The van der Waals surface area contributed by atoms with Crippen LogP contribution in [0.3, 0.4) is 0 Å². The Morgan fingerprint density at radius 3 is 1.35 bits per heavy atom. The molecule has 0 aliphatic carbocycles. The van der Waals surface area contributed by atoms with E-state index in [0.29, 0.717) is 6.04 Å². The Kier molecular flexibility index (Phi) is 22.8. The van der Waals surface area contributed by atoms with Crippen molar-refractivity contribution in [2.45, 2.75) is 123 Å². The van der Waals surface area contributed by atoms with Crippen LogP contribution in [0.2, 0.25) is 0 Å². The van der Waals surface area contributed by atoms with Gasteiger partial charge in [0.1, 0.15) is 0 Å². The molecule has 0 bridgehead atoms. The number of nitrogens with two attached hydrogens (primary N) is 1. The second-order valence-corrected chi connectivity index (χ2v) is 8.29.